The average molecular weight is 399 g/mol. The van der Waals surface area contributed by atoms with Gasteiger partial charge in [0, 0.05) is 18.6 Å². The number of aromatic nitrogens is 1. The van der Waals surface area contributed by atoms with Crippen LogP contribution in [0.25, 0.3) is 6.08 Å². The van der Waals surface area contributed by atoms with Crippen LogP contribution in [0.15, 0.2) is 41.4 Å². The molecule has 8 heteroatoms. The zero-order chi connectivity index (χ0) is 20.5. The highest BCUT2D eigenvalue weighted by atomic mass is 32.1. The summed E-state index contributed by atoms with van der Waals surface area (Å²) in [4.78, 5) is 29.1. The van der Waals surface area contributed by atoms with Crippen molar-refractivity contribution < 1.29 is 19.4 Å². The van der Waals surface area contributed by atoms with Crippen molar-refractivity contribution in [2.45, 2.75) is 25.8 Å². The second kappa shape index (κ2) is 10.2. The maximum Gasteiger partial charge on any atom is 0.341 e. The van der Waals surface area contributed by atoms with Crippen LogP contribution in [0.5, 0.6) is 5.75 Å². The predicted molar refractivity (Wildman–Crippen MR) is 106 cm³/mol. The summed E-state index contributed by atoms with van der Waals surface area (Å²) >= 11 is 1.35. The Morgan fingerprint density at radius 1 is 1.39 bits per heavy atom. The van der Waals surface area contributed by atoms with E-state index in [1.165, 1.54) is 17.4 Å². The van der Waals surface area contributed by atoms with E-state index in [0.29, 0.717) is 17.2 Å². The van der Waals surface area contributed by atoms with Gasteiger partial charge in [-0.3, -0.25) is 4.79 Å². The van der Waals surface area contributed by atoms with E-state index in [1.54, 1.807) is 47.8 Å². The first-order valence-corrected chi connectivity index (χ1v) is 9.57. The lowest BCUT2D eigenvalue weighted by molar-refractivity contribution is -0.139. The molecule has 2 rings (SSSR count). The molecule has 1 aromatic carbocycles. The van der Waals surface area contributed by atoms with Crippen molar-refractivity contribution in [2.24, 2.45) is 0 Å². The van der Waals surface area contributed by atoms with Crippen LogP contribution in [0.4, 0.5) is 0 Å². The number of thiazole rings is 1. The maximum absolute atomic E-state index is 12.9. The lowest BCUT2D eigenvalue weighted by Crippen LogP contribution is -2.32. The molecular weight excluding hydrogens is 378 g/mol. The highest BCUT2D eigenvalue weighted by molar-refractivity contribution is 7.10. The van der Waals surface area contributed by atoms with Gasteiger partial charge in [0.05, 0.1) is 6.04 Å². The van der Waals surface area contributed by atoms with E-state index in [-0.39, 0.29) is 17.5 Å². The van der Waals surface area contributed by atoms with Crippen LogP contribution in [0.1, 0.15) is 36.4 Å². The highest BCUT2D eigenvalue weighted by Crippen LogP contribution is 2.28. The fourth-order valence-corrected chi connectivity index (χ4v) is 3.26. The molecule has 1 N–H and O–H groups in total. The summed E-state index contributed by atoms with van der Waals surface area (Å²) in [6.07, 6.45) is 4.67. The molecule has 146 valence electrons. The van der Waals surface area contributed by atoms with Crippen molar-refractivity contribution in [3.8, 4) is 11.8 Å². The fourth-order valence-electron chi connectivity index (χ4n) is 2.69. The fraction of sp³-hybridized carbons (Fsp3) is 0.300. The predicted octanol–water partition coefficient (Wildman–Crippen LogP) is 3.51. The molecule has 7 nitrogen and oxygen atoms in total. The summed E-state index contributed by atoms with van der Waals surface area (Å²) in [5.74, 6) is -0.978. The number of hydrogen-bond acceptors (Lipinski definition) is 6. The number of carboxylic acids is 1. The van der Waals surface area contributed by atoms with Crippen molar-refractivity contribution in [3.63, 3.8) is 0 Å². The Balaban J connectivity index is 2.20. The van der Waals surface area contributed by atoms with Crippen molar-refractivity contribution in [1.82, 2.24) is 9.88 Å². The van der Waals surface area contributed by atoms with E-state index in [9.17, 15) is 14.9 Å². The number of carbonyl (C=O) groups excluding carboxylic acids is 1. The minimum absolute atomic E-state index is 0.0277. The molecule has 1 atom stereocenters. The Kier molecular flexibility index (Phi) is 7.72. The first kappa shape index (κ1) is 21.1. The van der Waals surface area contributed by atoms with Gasteiger partial charge in [-0.1, -0.05) is 25.5 Å². The molecule has 0 saturated carbocycles. The first-order valence-electron chi connectivity index (χ1n) is 8.69. The van der Waals surface area contributed by atoms with Gasteiger partial charge in [-0.05, 0) is 30.2 Å². The Labute approximate surface area is 167 Å². The number of aliphatic carboxylic acids is 1. The Morgan fingerprint density at radius 2 is 2.11 bits per heavy atom. The molecule has 1 unspecified atom stereocenters. The molecule has 0 aliphatic rings. The molecule has 1 aromatic heterocycles. The van der Waals surface area contributed by atoms with Crippen molar-refractivity contribution >= 4 is 29.3 Å². The smallest absolute Gasteiger partial charge is 0.341 e. The zero-order valence-electron chi connectivity index (χ0n) is 15.7. The lowest BCUT2D eigenvalue weighted by atomic mass is 10.00. The van der Waals surface area contributed by atoms with Crippen LogP contribution < -0.4 is 4.74 Å². The van der Waals surface area contributed by atoms with Crippen molar-refractivity contribution in [2.75, 3.05) is 13.7 Å². The minimum Gasteiger partial charge on any atom is -0.482 e. The summed E-state index contributed by atoms with van der Waals surface area (Å²) in [6, 6.07) is 8.70. The molecule has 0 spiro atoms. The van der Waals surface area contributed by atoms with Crippen LogP contribution in [0.2, 0.25) is 0 Å². The lowest BCUT2D eigenvalue weighted by Gasteiger charge is -2.28. The van der Waals surface area contributed by atoms with Crippen LogP contribution in [-0.4, -0.2) is 40.5 Å². The number of carboxylic acid groups (broad SMARTS) is 1. The third-order valence-corrected chi connectivity index (χ3v) is 4.77. The quantitative estimate of drug-likeness (QED) is 0.511. The van der Waals surface area contributed by atoms with Gasteiger partial charge in [-0.25, -0.2) is 9.78 Å². The highest BCUT2D eigenvalue weighted by Gasteiger charge is 2.24. The number of nitrogens with zero attached hydrogens (tertiary/aromatic N) is 3. The molecule has 1 heterocycles. The van der Waals surface area contributed by atoms with E-state index in [0.717, 1.165) is 12.0 Å². The van der Waals surface area contributed by atoms with Gasteiger partial charge in [0.1, 0.15) is 22.4 Å². The van der Waals surface area contributed by atoms with Gasteiger partial charge in [-0.2, -0.15) is 5.26 Å². The number of nitriles is 1. The van der Waals surface area contributed by atoms with Gasteiger partial charge in [-0.15, -0.1) is 11.3 Å². The van der Waals surface area contributed by atoms with Gasteiger partial charge in [0.15, 0.2) is 6.61 Å². The zero-order valence-corrected chi connectivity index (χ0v) is 16.5. The monoisotopic (exact) mass is 399 g/mol. The van der Waals surface area contributed by atoms with Crippen molar-refractivity contribution in [1.29, 1.82) is 5.26 Å². The number of rotatable bonds is 9. The Hall–Kier alpha value is -3.18. The van der Waals surface area contributed by atoms with Crippen molar-refractivity contribution in [3.05, 3.63) is 52.0 Å². The number of amides is 1. The van der Waals surface area contributed by atoms with Crippen LogP contribution in [-0.2, 0) is 9.59 Å². The Bertz CT molecular complexity index is 870. The number of benzene rings is 1. The molecular formula is C20H21N3O4S. The summed E-state index contributed by atoms with van der Waals surface area (Å²) in [5.41, 5.74) is 0.909. The molecule has 28 heavy (non-hydrogen) atoms. The van der Waals surface area contributed by atoms with Gasteiger partial charge >= 0.3 is 5.97 Å². The normalized spacial score (nSPS) is 12.1. The minimum atomic E-state index is -1.05. The molecule has 0 saturated heterocycles. The molecule has 2 aromatic rings. The SMILES string of the molecule is CCCC(c1ccc(OCC(=O)O)cc1)N(C)C(=O)C(C#N)=Cc1nccs1. The third kappa shape index (κ3) is 5.66. The number of likely N-dealkylation sites (N-methyl/N-ethyl adjacent to an activating group) is 1. The van der Waals surface area contributed by atoms with Crippen LogP contribution >= 0.6 is 11.3 Å². The second-order valence-electron chi connectivity index (χ2n) is 6.01. The van der Waals surface area contributed by atoms with Gasteiger partial charge in [0.25, 0.3) is 5.91 Å². The maximum atomic E-state index is 12.9. The Morgan fingerprint density at radius 3 is 2.64 bits per heavy atom. The molecule has 0 radical (unpaired) electrons. The van der Waals surface area contributed by atoms with E-state index in [4.69, 9.17) is 9.84 Å². The summed E-state index contributed by atoms with van der Waals surface area (Å²) < 4.78 is 5.15. The van der Waals surface area contributed by atoms with Gasteiger partial charge in [0.2, 0.25) is 0 Å². The topological polar surface area (TPSA) is 104 Å². The summed E-state index contributed by atoms with van der Waals surface area (Å²) in [7, 11) is 1.67. The third-order valence-electron chi connectivity index (χ3n) is 4.05. The number of carbonyl (C=O) groups is 2. The molecule has 0 fully saturated rings. The molecule has 1 amide bonds. The second-order valence-corrected chi connectivity index (χ2v) is 6.94. The summed E-state index contributed by atoms with van der Waals surface area (Å²) in [5, 5.41) is 20.5. The molecule has 0 aliphatic carbocycles. The largest absolute Gasteiger partial charge is 0.482 e. The van der Waals surface area contributed by atoms with Crippen LogP contribution in [0.3, 0.4) is 0 Å². The summed E-state index contributed by atoms with van der Waals surface area (Å²) in [6.45, 7) is 1.61. The van der Waals surface area contributed by atoms with E-state index >= 15 is 0 Å². The first-order chi connectivity index (χ1) is 13.5. The van der Waals surface area contributed by atoms with Crippen LogP contribution in [0, 0.1) is 11.3 Å². The standard InChI is InChI=1S/C20H21N3O4S/c1-3-4-17(14-5-7-16(8-6-14)27-13-19(24)25)23(2)20(26)15(12-21)11-18-22-9-10-28-18/h5-11,17H,3-4,13H2,1-2H3,(H,24,25). The molecule has 0 bridgehead atoms. The average Bonchev–Trinajstić information content (AvgIpc) is 3.21. The van der Waals surface area contributed by atoms with E-state index in [1.807, 2.05) is 13.0 Å². The number of ether oxygens (including phenoxy) is 1. The van der Waals surface area contributed by atoms with E-state index < -0.39 is 12.6 Å². The number of hydrogen-bond donors (Lipinski definition) is 1. The molecule has 0 aliphatic heterocycles. The van der Waals surface area contributed by atoms with E-state index in [2.05, 4.69) is 4.98 Å². The van der Waals surface area contributed by atoms with Gasteiger partial charge < -0.3 is 14.7 Å².